The average molecular weight is 396 g/mol. The van der Waals surface area contributed by atoms with E-state index in [1.165, 1.54) is 0 Å². The van der Waals surface area contributed by atoms with Gasteiger partial charge in [0.2, 0.25) is 6.79 Å². The van der Waals surface area contributed by atoms with Crippen molar-refractivity contribution >= 4 is 11.7 Å². The van der Waals surface area contributed by atoms with Gasteiger partial charge in [-0.2, -0.15) is 0 Å². The molecular weight excluding hydrogens is 372 g/mol. The van der Waals surface area contributed by atoms with Gasteiger partial charge in [-0.15, -0.1) is 0 Å². The monoisotopic (exact) mass is 396 g/mol. The fourth-order valence-electron chi connectivity index (χ4n) is 4.70. The molecule has 0 radical (unpaired) electrons. The number of nitrogens with one attached hydrogen (secondary N) is 1. The zero-order valence-corrected chi connectivity index (χ0v) is 16.4. The first kappa shape index (κ1) is 18.2. The normalized spacial score (nSPS) is 26.0. The van der Waals surface area contributed by atoms with Crippen molar-refractivity contribution in [1.29, 1.82) is 0 Å². The van der Waals surface area contributed by atoms with Gasteiger partial charge >= 0.3 is 0 Å². The molecule has 3 heterocycles. The number of allylic oxidation sites excluding steroid dienone is 3. The van der Waals surface area contributed by atoms with Crippen LogP contribution >= 0.6 is 0 Å². The van der Waals surface area contributed by atoms with E-state index in [0.29, 0.717) is 49.8 Å². The number of hydrogen-bond donors (Lipinski definition) is 1. The molecule has 7 heteroatoms. The van der Waals surface area contributed by atoms with Gasteiger partial charge in [0.15, 0.2) is 11.5 Å². The topological polar surface area (TPSA) is 77.1 Å². The van der Waals surface area contributed by atoms with Crippen LogP contribution in [0.2, 0.25) is 0 Å². The van der Waals surface area contributed by atoms with Gasteiger partial charge in [-0.3, -0.25) is 9.59 Å². The van der Waals surface area contributed by atoms with Crippen LogP contribution in [0.5, 0.6) is 11.5 Å². The fourth-order valence-corrected chi connectivity index (χ4v) is 4.70. The Hall–Kier alpha value is -2.80. The summed E-state index contributed by atoms with van der Waals surface area (Å²) >= 11 is 0. The lowest BCUT2D eigenvalue weighted by atomic mass is 9.70. The number of carbonyl (C=O) groups is 2. The summed E-state index contributed by atoms with van der Waals surface area (Å²) in [5.41, 5.74) is 3.27. The Bertz CT molecular complexity index is 929. The minimum atomic E-state index is -0.382. The molecule has 5 rings (SSSR count). The molecule has 4 aliphatic rings. The van der Waals surface area contributed by atoms with E-state index in [2.05, 4.69) is 11.4 Å². The number of ether oxygens (including phenoxy) is 3. The summed E-state index contributed by atoms with van der Waals surface area (Å²) in [4.78, 5) is 28.4. The summed E-state index contributed by atoms with van der Waals surface area (Å²) in [6.07, 6.45) is 3.31. The molecule has 1 aromatic carbocycles. The highest BCUT2D eigenvalue weighted by atomic mass is 16.7. The smallest absolute Gasteiger partial charge is 0.252 e. The first-order valence-corrected chi connectivity index (χ1v) is 10.1. The van der Waals surface area contributed by atoms with Gasteiger partial charge in [-0.25, -0.2) is 0 Å². The standard InChI is InChI=1S/C22H24N2O5/c1-13-19(22(26)24-7-9-27-10-8-24)20(21-15(23-13)3-2-4-16(21)25)14-5-6-17-18(11-14)29-12-28-17/h3,5-6,11,20-21,23H,2,4,7-10,12H2,1H3. The summed E-state index contributed by atoms with van der Waals surface area (Å²) < 4.78 is 16.4. The minimum absolute atomic E-state index is 0.0293. The van der Waals surface area contributed by atoms with Crippen LogP contribution in [0.15, 0.2) is 41.2 Å². The highest BCUT2D eigenvalue weighted by Gasteiger charge is 2.44. The van der Waals surface area contributed by atoms with E-state index in [-0.39, 0.29) is 30.3 Å². The van der Waals surface area contributed by atoms with Gasteiger partial charge in [0.25, 0.3) is 5.91 Å². The van der Waals surface area contributed by atoms with Crippen LogP contribution in [0.4, 0.5) is 0 Å². The van der Waals surface area contributed by atoms with Crippen LogP contribution in [0.3, 0.4) is 0 Å². The number of morpholine rings is 1. The first-order valence-electron chi connectivity index (χ1n) is 10.1. The molecule has 1 amide bonds. The van der Waals surface area contributed by atoms with E-state index in [9.17, 15) is 9.59 Å². The van der Waals surface area contributed by atoms with Gasteiger partial charge in [0.1, 0.15) is 5.78 Å². The largest absolute Gasteiger partial charge is 0.454 e. The van der Waals surface area contributed by atoms with E-state index in [1.807, 2.05) is 30.0 Å². The molecule has 0 spiro atoms. The molecule has 29 heavy (non-hydrogen) atoms. The Labute approximate surface area is 169 Å². The fraction of sp³-hybridized carbons (Fsp3) is 0.455. The van der Waals surface area contributed by atoms with Crippen LogP contribution in [0, 0.1) is 5.92 Å². The second kappa shape index (κ2) is 7.22. The Kier molecular flexibility index (Phi) is 4.54. The third-order valence-corrected chi connectivity index (χ3v) is 6.10. The molecule has 1 N–H and O–H groups in total. The number of fused-ring (bicyclic) bond motifs is 2. The summed E-state index contributed by atoms with van der Waals surface area (Å²) in [5.74, 6) is 0.754. The third-order valence-electron chi connectivity index (χ3n) is 6.10. The lowest BCUT2D eigenvalue weighted by molar-refractivity contribution is -0.132. The van der Waals surface area contributed by atoms with Crippen molar-refractivity contribution in [2.75, 3.05) is 33.1 Å². The maximum Gasteiger partial charge on any atom is 0.252 e. The molecule has 0 aromatic heterocycles. The molecule has 0 bridgehead atoms. The SMILES string of the molecule is CC1=C(C(=O)N2CCOCC2)C(c2ccc3c(c2)OCO3)C2C(=O)CCC=C2N1. The van der Waals surface area contributed by atoms with Crippen molar-refractivity contribution in [3.63, 3.8) is 0 Å². The number of nitrogens with zero attached hydrogens (tertiary/aromatic N) is 1. The highest BCUT2D eigenvalue weighted by molar-refractivity contribution is 5.99. The second-order valence-corrected chi connectivity index (χ2v) is 7.80. The first-order chi connectivity index (χ1) is 14.1. The van der Waals surface area contributed by atoms with Gasteiger partial charge in [-0.1, -0.05) is 12.1 Å². The average Bonchev–Trinajstić information content (AvgIpc) is 3.21. The van der Waals surface area contributed by atoms with E-state index >= 15 is 0 Å². The minimum Gasteiger partial charge on any atom is -0.454 e. The summed E-state index contributed by atoms with van der Waals surface area (Å²) in [7, 11) is 0. The molecule has 1 saturated heterocycles. The Morgan fingerprint density at radius 3 is 2.76 bits per heavy atom. The molecule has 0 saturated carbocycles. The van der Waals surface area contributed by atoms with Crippen molar-refractivity contribution in [2.24, 2.45) is 5.92 Å². The zero-order valence-electron chi connectivity index (χ0n) is 16.4. The van der Waals surface area contributed by atoms with Crippen LogP contribution in [0.25, 0.3) is 0 Å². The third kappa shape index (κ3) is 3.09. The molecule has 1 fully saturated rings. The number of amides is 1. The maximum atomic E-state index is 13.5. The van der Waals surface area contributed by atoms with Gasteiger partial charge < -0.3 is 24.4 Å². The van der Waals surface area contributed by atoms with Gasteiger partial charge in [0.05, 0.1) is 19.1 Å². The van der Waals surface area contributed by atoms with Crippen molar-refractivity contribution in [3.05, 3.63) is 46.8 Å². The Morgan fingerprint density at radius 2 is 1.93 bits per heavy atom. The van der Waals surface area contributed by atoms with E-state index < -0.39 is 0 Å². The van der Waals surface area contributed by atoms with E-state index in [0.717, 1.165) is 23.4 Å². The number of benzene rings is 1. The predicted octanol–water partition coefficient (Wildman–Crippen LogP) is 2.10. The van der Waals surface area contributed by atoms with Crippen molar-refractivity contribution in [1.82, 2.24) is 10.2 Å². The van der Waals surface area contributed by atoms with Crippen molar-refractivity contribution in [2.45, 2.75) is 25.7 Å². The van der Waals surface area contributed by atoms with E-state index in [4.69, 9.17) is 14.2 Å². The van der Waals surface area contributed by atoms with Gasteiger partial charge in [-0.05, 0) is 31.0 Å². The van der Waals surface area contributed by atoms with Crippen LogP contribution in [0.1, 0.15) is 31.2 Å². The highest BCUT2D eigenvalue weighted by Crippen LogP contribution is 2.46. The van der Waals surface area contributed by atoms with Crippen LogP contribution in [-0.4, -0.2) is 49.7 Å². The molecule has 3 aliphatic heterocycles. The van der Waals surface area contributed by atoms with E-state index in [1.54, 1.807) is 0 Å². The lowest BCUT2D eigenvalue weighted by Crippen LogP contribution is -2.47. The summed E-state index contributed by atoms with van der Waals surface area (Å²) in [5, 5.41) is 3.36. The van der Waals surface area contributed by atoms with Gasteiger partial charge in [0, 0.05) is 42.4 Å². The Morgan fingerprint density at radius 1 is 1.14 bits per heavy atom. The molecule has 2 atom stereocenters. The number of carbonyl (C=O) groups excluding carboxylic acids is 2. The zero-order chi connectivity index (χ0) is 20.0. The number of ketones is 1. The van der Waals surface area contributed by atoms with Crippen LogP contribution in [-0.2, 0) is 14.3 Å². The quantitative estimate of drug-likeness (QED) is 0.825. The molecule has 2 unspecified atom stereocenters. The maximum absolute atomic E-state index is 13.5. The second-order valence-electron chi connectivity index (χ2n) is 7.80. The lowest BCUT2D eigenvalue weighted by Gasteiger charge is -2.40. The van der Waals surface area contributed by atoms with Crippen molar-refractivity contribution < 1.29 is 23.8 Å². The van der Waals surface area contributed by atoms with Crippen LogP contribution < -0.4 is 14.8 Å². The molecule has 152 valence electrons. The summed E-state index contributed by atoms with van der Waals surface area (Å²) in [6, 6.07) is 5.73. The number of hydrogen-bond acceptors (Lipinski definition) is 6. The molecular formula is C22H24N2O5. The molecule has 7 nitrogen and oxygen atoms in total. The Balaban J connectivity index is 1.61. The number of rotatable bonds is 2. The molecule has 1 aliphatic carbocycles. The summed E-state index contributed by atoms with van der Waals surface area (Å²) in [6.45, 7) is 4.30. The number of Topliss-reactive ketones (excluding diaryl/α,β-unsaturated/α-hetero) is 1. The molecule has 1 aromatic rings. The predicted molar refractivity (Wildman–Crippen MR) is 104 cm³/mol. The van der Waals surface area contributed by atoms with Crippen molar-refractivity contribution in [3.8, 4) is 11.5 Å².